The van der Waals surface area contributed by atoms with Crippen LogP contribution in [0.1, 0.15) is 75.7 Å². The van der Waals surface area contributed by atoms with Gasteiger partial charge in [0.05, 0.1) is 27.2 Å². The van der Waals surface area contributed by atoms with Gasteiger partial charge in [-0.15, -0.1) is 0 Å². The third kappa shape index (κ3) is 5.09. The lowest BCUT2D eigenvalue weighted by Crippen LogP contribution is -2.46. The first-order valence-corrected chi connectivity index (χ1v) is 10.5. The maximum absolute atomic E-state index is 2.39. The lowest BCUT2D eigenvalue weighted by Gasteiger charge is -2.37. The van der Waals surface area contributed by atoms with E-state index in [0.29, 0.717) is 0 Å². The minimum absolute atomic E-state index is 0.822. The number of piperidine rings is 1. The van der Waals surface area contributed by atoms with Crippen LogP contribution < -0.4 is 0 Å². The summed E-state index contributed by atoms with van der Waals surface area (Å²) in [4.78, 5) is 0. The van der Waals surface area contributed by atoms with Crippen molar-refractivity contribution in [2.45, 2.75) is 70.1 Å². The topological polar surface area (TPSA) is 0 Å². The molecular weight excluding hydrogens is 290 g/mol. The fourth-order valence-corrected chi connectivity index (χ4v) is 5.15. The van der Waals surface area contributed by atoms with Gasteiger partial charge < -0.3 is 4.48 Å². The molecule has 24 heavy (non-hydrogen) atoms. The van der Waals surface area contributed by atoms with Crippen LogP contribution in [0.4, 0.5) is 0 Å². The number of nitrogens with zero attached hydrogens (tertiary/aromatic N) is 1. The number of rotatable bonds is 6. The fourth-order valence-electron chi connectivity index (χ4n) is 5.15. The van der Waals surface area contributed by atoms with Crippen LogP contribution in [0.25, 0.3) is 0 Å². The van der Waals surface area contributed by atoms with Crippen LogP contribution in [-0.2, 0) is 0 Å². The highest BCUT2D eigenvalue weighted by atomic mass is 15.3. The van der Waals surface area contributed by atoms with Crippen molar-refractivity contribution in [3.05, 3.63) is 35.9 Å². The van der Waals surface area contributed by atoms with Crippen molar-refractivity contribution in [2.24, 2.45) is 11.8 Å². The van der Waals surface area contributed by atoms with Gasteiger partial charge in [0.15, 0.2) is 0 Å². The first kappa shape index (κ1) is 18.0. The molecule has 3 rings (SSSR count). The molecule has 1 unspecified atom stereocenters. The molecule has 1 aliphatic heterocycles. The predicted molar refractivity (Wildman–Crippen MR) is 104 cm³/mol. The summed E-state index contributed by atoms with van der Waals surface area (Å²) in [6, 6.07) is 11.4. The standard InChI is InChI=1S/C23H38N/c1-24(2)18-16-20(17-19-24)10-9-15-23(21-11-5-3-6-12-21)22-13-7-4-8-14-22/h3,5-6,11-12,20,22-23H,4,7-10,13-19H2,1-2H3/q+1. The Kier molecular flexibility index (Phi) is 6.38. The average molecular weight is 329 g/mol. The van der Waals surface area contributed by atoms with Crippen LogP contribution in [-0.4, -0.2) is 31.7 Å². The molecule has 0 bridgehead atoms. The van der Waals surface area contributed by atoms with Gasteiger partial charge in [0.1, 0.15) is 0 Å². The number of quaternary nitrogens is 1. The van der Waals surface area contributed by atoms with Gasteiger partial charge in [-0.1, -0.05) is 56.0 Å². The highest BCUT2D eigenvalue weighted by Gasteiger charge is 2.27. The second-order valence-corrected chi connectivity index (χ2v) is 9.17. The van der Waals surface area contributed by atoms with Gasteiger partial charge in [0, 0.05) is 0 Å². The Balaban J connectivity index is 1.52. The Labute approximate surface area is 150 Å². The van der Waals surface area contributed by atoms with E-state index in [1.54, 1.807) is 5.56 Å². The first-order chi connectivity index (χ1) is 11.6. The van der Waals surface area contributed by atoms with Gasteiger partial charge >= 0.3 is 0 Å². The van der Waals surface area contributed by atoms with E-state index >= 15 is 0 Å². The highest BCUT2D eigenvalue weighted by molar-refractivity contribution is 5.20. The van der Waals surface area contributed by atoms with Crippen LogP contribution in [0.15, 0.2) is 30.3 Å². The Hall–Kier alpha value is -0.820. The molecule has 134 valence electrons. The molecule has 1 aliphatic carbocycles. The molecule has 2 aliphatic rings. The molecule has 1 saturated carbocycles. The second kappa shape index (κ2) is 8.52. The van der Waals surface area contributed by atoms with E-state index in [1.165, 1.54) is 81.8 Å². The zero-order valence-corrected chi connectivity index (χ0v) is 16.1. The first-order valence-electron chi connectivity index (χ1n) is 10.5. The molecule has 0 spiro atoms. The van der Waals surface area contributed by atoms with Crippen molar-refractivity contribution >= 4 is 0 Å². The zero-order chi connectivity index (χ0) is 16.8. The normalized spacial score (nSPS) is 23.9. The molecule has 0 aromatic heterocycles. The molecule has 0 radical (unpaired) electrons. The molecule has 1 heteroatoms. The molecule has 1 aromatic rings. The van der Waals surface area contributed by atoms with Crippen LogP contribution in [0, 0.1) is 11.8 Å². The average Bonchev–Trinajstić information content (AvgIpc) is 2.61. The lowest BCUT2D eigenvalue weighted by atomic mass is 9.74. The lowest BCUT2D eigenvalue weighted by molar-refractivity contribution is -0.896. The molecule has 1 aromatic carbocycles. The minimum Gasteiger partial charge on any atom is -0.328 e. The summed E-state index contributed by atoms with van der Waals surface area (Å²) < 4.78 is 1.24. The smallest absolute Gasteiger partial charge is 0.0785 e. The van der Waals surface area contributed by atoms with E-state index in [9.17, 15) is 0 Å². The number of benzene rings is 1. The molecule has 0 amide bonds. The maximum atomic E-state index is 2.39. The molecule has 1 saturated heterocycles. The third-order valence-electron chi connectivity index (χ3n) is 6.86. The van der Waals surface area contributed by atoms with Crippen molar-refractivity contribution in [2.75, 3.05) is 27.2 Å². The van der Waals surface area contributed by atoms with Crippen LogP contribution in [0.3, 0.4) is 0 Å². The second-order valence-electron chi connectivity index (χ2n) is 9.17. The molecule has 1 nitrogen and oxygen atoms in total. The van der Waals surface area contributed by atoms with Gasteiger partial charge in [-0.2, -0.15) is 0 Å². The fraction of sp³-hybridized carbons (Fsp3) is 0.739. The van der Waals surface area contributed by atoms with E-state index in [1.807, 2.05) is 0 Å². The third-order valence-corrected chi connectivity index (χ3v) is 6.86. The van der Waals surface area contributed by atoms with Gasteiger partial charge in [0.2, 0.25) is 0 Å². The summed E-state index contributed by atoms with van der Waals surface area (Å²) in [5.74, 6) is 2.77. The molecule has 2 fully saturated rings. The maximum Gasteiger partial charge on any atom is 0.0785 e. The predicted octanol–water partition coefficient (Wildman–Crippen LogP) is 6.01. The van der Waals surface area contributed by atoms with Crippen molar-refractivity contribution in [3.63, 3.8) is 0 Å². The number of likely N-dealkylation sites (tertiary alicyclic amines) is 1. The van der Waals surface area contributed by atoms with E-state index in [0.717, 1.165) is 17.8 Å². The van der Waals surface area contributed by atoms with E-state index in [-0.39, 0.29) is 0 Å². The van der Waals surface area contributed by atoms with Crippen LogP contribution in [0.5, 0.6) is 0 Å². The summed E-state index contributed by atoms with van der Waals surface area (Å²) in [6.07, 6.45) is 14.6. The molecule has 1 heterocycles. The van der Waals surface area contributed by atoms with Gasteiger partial charge in [-0.25, -0.2) is 0 Å². The SMILES string of the molecule is C[N+]1(C)CCC(CCCC(c2ccccc2)C2CCCCC2)CC1. The molecule has 1 atom stereocenters. The van der Waals surface area contributed by atoms with Crippen LogP contribution >= 0.6 is 0 Å². The highest BCUT2D eigenvalue weighted by Crippen LogP contribution is 2.39. The molecular formula is C23H38N+. The summed E-state index contributed by atoms with van der Waals surface area (Å²) in [5.41, 5.74) is 1.62. The number of hydrogen-bond acceptors (Lipinski definition) is 0. The Morgan fingerprint density at radius 1 is 0.917 bits per heavy atom. The van der Waals surface area contributed by atoms with E-state index in [4.69, 9.17) is 0 Å². The summed E-state index contributed by atoms with van der Waals surface area (Å²) in [5, 5.41) is 0. The summed E-state index contributed by atoms with van der Waals surface area (Å²) in [7, 11) is 4.79. The van der Waals surface area contributed by atoms with Crippen LogP contribution in [0.2, 0.25) is 0 Å². The molecule has 0 N–H and O–H groups in total. The monoisotopic (exact) mass is 328 g/mol. The number of hydrogen-bond donors (Lipinski definition) is 0. The van der Waals surface area contributed by atoms with E-state index in [2.05, 4.69) is 44.4 Å². The Morgan fingerprint density at radius 2 is 1.58 bits per heavy atom. The van der Waals surface area contributed by atoms with E-state index < -0.39 is 0 Å². The van der Waals surface area contributed by atoms with Crippen molar-refractivity contribution in [1.29, 1.82) is 0 Å². The quantitative estimate of drug-likeness (QED) is 0.561. The Morgan fingerprint density at radius 3 is 2.25 bits per heavy atom. The van der Waals surface area contributed by atoms with Gasteiger partial charge in [-0.05, 0) is 61.8 Å². The minimum atomic E-state index is 0.822. The Bertz CT molecular complexity index is 462. The van der Waals surface area contributed by atoms with Crippen molar-refractivity contribution < 1.29 is 4.48 Å². The van der Waals surface area contributed by atoms with Crippen molar-refractivity contribution in [1.82, 2.24) is 0 Å². The summed E-state index contributed by atoms with van der Waals surface area (Å²) in [6.45, 7) is 2.77. The van der Waals surface area contributed by atoms with Gasteiger partial charge in [-0.3, -0.25) is 0 Å². The van der Waals surface area contributed by atoms with Gasteiger partial charge in [0.25, 0.3) is 0 Å². The zero-order valence-electron chi connectivity index (χ0n) is 16.1. The van der Waals surface area contributed by atoms with Crippen molar-refractivity contribution in [3.8, 4) is 0 Å². The largest absolute Gasteiger partial charge is 0.328 e. The summed E-state index contributed by atoms with van der Waals surface area (Å²) >= 11 is 0.